The second-order valence-electron chi connectivity index (χ2n) is 4.19. The molecule has 0 aromatic carbocycles. The van der Waals surface area contributed by atoms with Crippen LogP contribution in [0.15, 0.2) is 10.1 Å². The van der Waals surface area contributed by atoms with E-state index in [1.54, 1.807) is 5.01 Å². The molecule has 0 aliphatic rings. The van der Waals surface area contributed by atoms with Crippen LogP contribution in [0.3, 0.4) is 0 Å². The van der Waals surface area contributed by atoms with Gasteiger partial charge in [0.05, 0.1) is 0 Å². The first kappa shape index (κ1) is 17.0. The van der Waals surface area contributed by atoms with Gasteiger partial charge in [-0.25, -0.2) is 0 Å². The average Bonchev–Trinajstić information content (AvgIpc) is 2.32. The minimum absolute atomic E-state index is 0.0409. The van der Waals surface area contributed by atoms with Gasteiger partial charge in [-0.2, -0.15) is 0 Å². The van der Waals surface area contributed by atoms with Crippen molar-refractivity contribution in [3.63, 3.8) is 0 Å². The van der Waals surface area contributed by atoms with Gasteiger partial charge in [-0.3, -0.25) is 10.0 Å². The molecule has 0 heterocycles. The molecule has 0 fully saturated rings. The third kappa shape index (κ3) is 8.70. The maximum Gasteiger partial charge on any atom is 0.208 e. The lowest BCUT2D eigenvalue weighted by Gasteiger charge is -2.24. The molecule has 0 radical (unpaired) electrons. The third-order valence-electron chi connectivity index (χ3n) is 2.44. The Hall–Kier alpha value is -1.99. The molecular weight excluding hydrogens is 246 g/mol. The summed E-state index contributed by atoms with van der Waals surface area (Å²) in [6.07, 6.45) is 4.02. The SMILES string of the molecule is CCCN(N=C(N)N)[C@H](C=O)CCCCN=C(N)N. The van der Waals surface area contributed by atoms with Crippen molar-refractivity contribution in [3.05, 3.63) is 0 Å². The van der Waals surface area contributed by atoms with Gasteiger partial charge in [-0.05, 0) is 25.7 Å². The first-order valence-corrected chi connectivity index (χ1v) is 6.38. The van der Waals surface area contributed by atoms with Crippen LogP contribution >= 0.6 is 0 Å². The number of nitrogens with zero attached hydrogens (tertiary/aromatic N) is 3. The van der Waals surface area contributed by atoms with E-state index in [9.17, 15) is 4.79 Å². The molecule has 0 spiro atoms. The van der Waals surface area contributed by atoms with Gasteiger partial charge in [-0.1, -0.05) is 6.92 Å². The van der Waals surface area contributed by atoms with Crippen molar-refractivity contribution in [1.29, 1.82) is 0 Å². The lowest BCUT2D eigenvalue weighted by Crippen LogP contribution is -2.37. The molecule has 0 aromatic heterocycles. The number of nitrogens with two attached hydrogens (primary N) is 4. The highest BCUT2D eigenvalue weighted by Gasteiger charge is 2.15. The minimum atomic E-state index is -0.318. The molecule has 0 bridgehead atoms. The number of hydrazone groups is 1. The van der Waals surface area contributed by atoms with Gasteiger partial charge in [0, 0.05) is 13.1 Å². The Balaban J connectivity index is 4.25. The summed E-state index contributed by atoms with van der Waals surface area (Å²) in [4.78, 5) is 15.0. The second-order valence-corrected chi connectivity index (χ2v) is 4.19. The maximum absolute atomic E-state index is 11.1. The number of aliphatic imine (C=N–C) groups is 1. The lowest BCUT2D eigenvalue weighted by atomic mass is 10.1. The van der Waals surface area contributed by atoms with Gasteiger partial charge in [0.1, 0.15) is 12.3 Å². The molecule has 8 nitrogen and oxygen atoms in total. The summed E-state index contributed by atoms with van der Waals surface area (Å²) in [5, 5.41) is 5.60. The number of rotatable bonds is 10. The molecule has 0 saturated carbocycles. The van der Waals surface area contributed by atoms with Crippen LogP contribution in [0.25, 0.3) is 0 Å². The highest BCUT2D eigenvalue weighted by Crippen LogP contribution is 2.08. The van der Waals surface area contributed by atoms with Gasteiger partial charge in [-0.15, -0.1) is 5.10 Å². The zero-order valence-electron chi connectivity index (χ0n) is 11.5. The highest BCUT2D eigenvalue weighted by atomic mass is 16.1. The zero-order chi connectivity index (χ0) is 14.7. The van der Waals surface area contributed by atoms with Crippen molar-refractivity contribution < 1.29 is 4.79 Å². The Kier molecular flexibility index (Phi) is 8.94. The van der Waals surface area contributed by atoms with Gasteiger partial charge >= 0.3 is 0 Å². The van der Waals surface area contributed by atoms with Crippen molar-refractivity contribution in [2.45, 2.75) is 38.6 Å². The predicted octanol–water partition coefficient (Wildman–Crippen LogP) is -1.10. The Bertz CT molecular complexity index is 308. The summed E-state index contributed by atoms with van der Waals surface area (Å²) >= 11 is 0. The number of hydrogen-bond acceptors (Lipinski definition) is 4. The van der Waals surface area contributed by atoms with Crippen molar-refractivity contribution in [2.24, 2.45) is 33.0 Å². The van der Waals surface area contributed by atoms with E-state index in [1.165, 1.54) is 0 Å². The topological polar surface area (TPSA) is 149 Å². The van der Waals surface area contributed by atoms with E-state index >= 15 is 0 Å². The van der Waals surface area contributed by atoms with Crippen LogP contribution in [-0.2, 0) is 4.79 Å². The average molecular weight is 271 g/mol. The number of carbonyl (C=O) groups is 1. The van der Waals surface area contributed by atoms with Crippen molar-refractivity contribution in [2.75, 3.05) is 13.1 Å². The monoisotopic (exact) mass is 271 g/mol. The number of carbonyl (C=O) groups excluding carboxylic acids is 1. The molecule has 1 atom stereocenters. The predicted molar refractivity (Wildman–Crippen MR) is 77.2 cm³/mol. The normalized spacial score (nSPS) is 11.4. The van der Waals surface area contributed by atoms with Crippen LogP contribution in [-0.4, -0.2) is 42.3 Å². The molecule has 110 valence electrons. The Morgan fingerprint density at radius 2 is 1.89 bits per heavy atom. The molecule has 0 aliphatic carbocycles. The van der Waals surface area contributed by atoms with Crippen LogP contribution in [0.4, 0.5) is 0 Å². The first-order chi connectivity index (χ1) is 9.01. The van der Waals surface area contributed by atoms with Crippen molar-refractivity contribution in [3.8, 4) is 0 Å². The Morgan fingerprint density at radius 3 is 2.37 bits per heavy atom. The van der Waals surface area contributed by atoms with Crippen molar-refractivity contribution >= 4 is 18.2 Å². The summed E-state index contributed by atoms with van der Waals surface area (Å²) in [7, 11) is 0. The van der Waals surface area contributed by atoms with Crippen molar-refractivity contribution in [1.82, 2.24) is 5.01 Å². The Morgan fingerprint density at radius 1 is 1.21 bits per heavy atom. The largest absolute Gasteiger partial charge is 0.370 e. The minimum Gasteiger partial charge on any atom is -0.370 e. The van der Waals surface area contributed by atoms with Crippen LogP contribution in [0, 0.1) is 0 Å². The van der Waals surface area contributed by atoms with Gasteiger partial charge < -0.3 is 27.7 Å². The smallest absolute Gasteiger partial charge is 0.208 e. The number of guanidine groups is 2. The van der Waals surface area contributed by atoms with Crippen LogP contribution in [0.1, 0.15) is 32.6 Å². The summed E-state index contributed by atoms with van der Waals surface area (Å²) in [6.45, 7) is 3.19. The van der Waals surface area contributed by atoms with E-state index in [-0.39, 0.29) is 18.0 Å². The molecule has 19 heavy (non-hydrogen) atoms. The second kappa shape index (κ2) is 9.98. The molecule has 8 N–H and O–H groups in total. The number of hydrogen-bond donors (Lipinski definition) is 4. The summed E-state index contributed by atoms with van der Waals surface area (Å²) in [6, 6.07) is -0.318. The third-order valence-corrected chi connectivity index (χ3v) is 2.44. The number of aldehydes is 1. The van der Waals surface area contributed by atoms with Gasteiger partial charge in [0.2, 0.25) is 5.96 Å². The standard InChI is InChI=1S/C11H25N7O/c1-2-7-18(17-11(14)15)9(8-19)5-3-4-6-16-10(12)13/h8-9H,2-7H2,1H3,(H4,12,13,16)(H4,14,15,17)/t9-/m0/s1. The van der Waals surface area contributed by atoms with E-state index in [2.05, 4.69) is 10.1 Å². The maximum atomic E-state index is 11.1. The quantitative estimate of drug-likeness (QED) is 0.130. The first-order valence-electron chi connectivity index (χ1n) is 6.38. The fourth-order valence-corrected chi connectivity index (χ4v) is 1.63. The summed E-state index contributed by atoms with van der Waals surface area (Å²) in [5.41, 5.74) is 21.1. The van der Waals surface area contributed by atoms with Crippen LogP contribution in [0.2, 0.25) is 0 Å². The molecule has 0 rings (SSSR count). The summed E-state index contributed by atoms with van der Waals surface area (Å²) in [5.74, 6) is 0.0425. The lowest BCUT2D eigenvalue weighted by molar-refractivity contribution is -0.112. The van der Waals surface area contributed by atoms with Gasteiger partial charge in [0.25, 0.3) is 0 Å². The zero-order valence-corrected chi connectivity index (χ0v) is 11.5. The van der Waals surface area contributed by atoms with E-state index in [0.29, 0.717) is 19.5 Å². The van der Waals surface area contributed by atoms with E-state index < -0.39 is 0 Å². The van der Waals surface area contributed by atoms with Gasteiger partial charge in [0.15, 0.2) is 5.96 Å². The van der Waals surface area contributed by atoms with Crippen LogP contribution in [0.5, 0.6) is 0 Å². The number of unbranched alkanes of at least 4 members (excludes halogenated alkanes) is 1. The molecule has 0 aromatic rings. The Labute approximate surface area is 113 Å². The molecule has 0 saturated heterocycles. The van der Waals surface area contributed by atoms with E-state index in [0.717, 1.165) is 25.5 Å². The molecule has 8 heteroatoms. The highest BCUT2D eigenvalue weighted by molar-refractivity contribution is 5.76. The molecule has 0 aliphatic heterocycles. The molecule has 0 amide bonds. The summed E-state index contributed by atoms with van der Waals surface area (Å²) < 4.78 is 0. The van der Waals surface area contributed by atoms with Crippen LogP contribution < -0.4 is 22.9 Å². The molecular formula is C11H25N7O. The van der Waals surface area contributed by atoms with E-state index in [4.69, 9.17) is 22.9 Å². The fourth-order valence-electron chi connectivity index (χ4n) is 1.63. The van der Waals surface area contributed by atoms with E-state index in [1.807, 2.05) is 6.92 Å². The molecule has 0 unspecified atom stereocenters. The fraction of sp³-hybridized carbons (Fsp3) is 0.727.